The summed E-state index contributed by atoms with van der Waals surface area (Å²) < 4.78 is 2.21. The Morgan fingerprint density at radius 1 is 1.39 bits per heavy atom. The van der Waals surface area contributed by atoms with Gasteiger partial charge in [0.05, 0.1) is 5.01 Å². The first kappa shape index (κ1) is 14.2. The molecule has 0 radical (unpaired) electrons. The lowest BCUT2D eigenvalue weighted by molar-refractivity contribution is 0.546. The second kappa shape index (κ2) is 6.80. The second-order valence-electron chi connectivity index (χ2n) is 3.91. The molecule has 1 aromatic heterocycles. The van der Waals surface area contributed by atoms with E-state index in [4.69, 9.17) is 0 Å². The number of likely N-dealkylation sites (N-methyl/N-ethyl adjacent to an activating group) is 1. The lowest BCUT2D eigenvalue weighted by Crippen LogP contribution is -2.23. The van der Waals surface area contributed by atoms with E-state index in [2.05, 4.69) is 67.3 Å². The van der Waals surface area contributed by atoms with E-state index in [-0.39, 0.29) is 0 Å². The molecule has 1 heterocycles. The first-order valence-electron chi connectivity index (χ1n) is 5.77. The molecular weight excluding hydrogens is 376 g/mol. The number of rotatable bonds is 5. The van der Waals surface area contributed by atoms with Crippen molar-refractivity contribution < 1.29 is 0 Å². The van der Waals surface area contributed by atoms with Crippen molar-refractivity contribution in [1.29, 1.82) is 0 Å². The number of nitrogens with one attached hydrogen (secondary N) is 1. The maximum absolute atomic E-state index is 4.36. The van der Waals surface area contributed by atoms with Gasteiger partial charge < -0.3 is 5.32 Å². The molecule has 0 aliphatic rings. The quantitative estimate of drug-likeness (QED) is 0.810. The number of hydrogen-bond donors (Lipinski definition) is 1. The van der Waals surface area contributed by atoms with Gasteiger partial charge in [-0.15, -0.1) is 11.3 Å². The number of halogens is 2. The van der Waals surface area contributed by atoms with E-state index in [1.54, 1.807) is 11.3 Å². The van der Waals surface area contributed by atoms with Crippen LogP contribution in [-0.2, 0) is 6.42 Å². The minimum Gasteiger partial charge on any atom is -0.310 e. The maximum Gasteiger partial charge on any atom is 0.0943 e. The highest BCUT2D eigenvalue weighted by Gasteiger charge is 2.15. The molecule has 0 fully saturated rings. The van der Waals surface area contributed by atoms with Gasteiger partial charge in [-0.25, -0.2) is 4.98 Å². The molecular formula is C13H14Br2N2S. The largest absolute Gasteiger partial charge is 0.310 e. The summed E-state index contributed by atoms with van der Waals surface area (Å²) in [6.07, 6.45) is 2.78. The van der Waals surface area contributed by atoms with Gasteiger partial charge in [-0.1, -0.05) is 44.8 Å². The van der Waals surface area contributed by atoms with Gasteiger partial charge in [0.2, 0.25) is 0 Å². The molecule has 1 aromatic carbocycles. The summed E-state index contributed by atoms with van der Waals surface area (Å²) in [5.74, 6) is 0. The predicted octanol–water partition coefficient (Wildman–Crippen LogP) is 4.56. The van der Waals surface area contributed by atoms with Crippen LogP contribution in [0, 0.1) is 0 Å². The zero-order valence-electron chi connectivity index (χ0n) is 9.99. The summed E-state index contributed by atoms with van der Waals surface area (Å²) in [7, 11) is 0. The standard InChI is InChI=1S/C13H14Br2N2S/c1-2-16-12(8-13-17-5-6-18-13)10-4-3-9(14)7-11(10)15/h3-7,12,16H,2,8H2,1H3. The fourth-order valence-corrected chi connectivity index (χ4v) is 3.84. The van der Waals surface area contributed by atoms with Gasteiger partial charge in [0.1, 0.15) is 0 Å². The van der Waals surface area contributed by atoms with Crippen LogP contribution in [0.3, 0.4) is 0 Å². The van der Waals surface area contributed by atoms with E-state index in [0.717, 1.165) is 26.9 Å². The molecule has 2 aromatic rings. The first-order valence-corrected chi connectivity index (χ1v) is 8.24. The topological polar surface area (TPSA) is 24.9 Å². The summed E-state index contributed by atoms with van der Waals surface area (Å²) in [6, 6.07) is 6.60. The van der Waals surface area contributed by atoms with Crippen LogP contribution in [0.5, 0.6) is 0 Å². The monoisotopic (exact) mass is 388 g/mol. The Balaban J connectivity index is 2.23. The van der Waals surface area contributed by atoms with Crippen molar-refractivity contribution in [3.8, 4) is 0 Å². The first-order chi connectivity index (χ1) is 8.70. The third-order valence-corrected chi connectivity index (χ3v) is 4.63. The third-order valence-electron chi connectivity index (χ3n) is 2.65. The highest BCUT2D eigenvalue weighted by molar-refractivity contribution is 9.11. The highest BCUT2D eigenvalue weighted by Crippen LogP contribution is 2.29. The number of benzene rings is 1. The van der Waals surface area contributed by atoms with Crippen molar-refractivity contribution >= 4 is 43.2 Å². The minimum atomic E-state index is 0.295. The molecule has 0 bridgehead atoms. The normalized spacial score (nSPS) is 12.6. The van der Waals surface area contributed by atoms with Gasteiger partial charge in [0.25, 0.3) is 0 Å². The van der Waals surface area contributed by atoms with Crippen molar-refractivity contribution in [2.75, 3.05) is 6.54 Å². The molecule has 96 valence electrons. The van der Waals surface area contributed by atoms with Crippen molar-refractivity contribution in [3.05, 3.63) is 49.3 Å². The number of hydrogen-bond acceptors (Lipinski definition) is 3. The maximum atomic E-state index is 4.36. The SMILES string of the molecule is CCNC(Cc1nccs1)c1ccc(Br)cc1Br. The zero-order chi connectivity index (χ0) is 13.0. The average Bonchev–Trinajstić information content (AvgIpc) is 2.81. The van der Waals surface area contributed by atoms with Gasteiger partial charge in [-0.2, -0.15) is 0 Å². The van der Waals surface area contributed by atoms with Gasteiger partial charge in [-0.05, 0) is 24.2 Å². The molecule has 0 aliphatic carbocycles. The van der Waals surface area contributed by atoms with E-state index >= 15 is 0 Å². The molecule has 0 spiro atoms. The van der Waals surface area contributed by atoms with E-state index in [1.807, 2.05) is 11.6 Å². The van der Waals surface area contributed by atoms with Crippen LogP contribution in [0.1, 0.15) is 23.5 Å². The average molecular weight is 390 g/mol. The minimum absolute atomic E-state index is 0.295. The fraction of sp³-hybridized carbons (Fsp3) is 0.308. The lowest BCUT2D eigenvalue weighted by atomic mass is 10.0. The molecule has 18 heavy (non-hydrogen) atoms. The van der Waals surface area contributed by atoms with Gasteiger partial charge in [0.15, 0.2) is 0 Å². The Morgan fingerprint density at radius 3 is 2.83 bits per heavy atom. The molecule has 1 N–H and O–H groups in total. The molecule has 0 aliphatic heterocycles. The Morgan fingerprint density at radius 2 is 2.22 bits per heavy atom. The Bertz CT molecular complexity index is 500. The van der Waals surface area contributed by atoms with E-state index in [9.17, 15) is 0 Å². The van der Waals surface area contributed by atoms with Crippen molar-refractivity contribution in [3.63, 3.8) is 0 Å². The van der Waals surface area contributed by atoms with Crippen LogP contribution in [0.15, 0.2) is 38.7 Å². The predicted molar refractivity (Wildman–Crippen MR) is 84.1 cm³/mol. The van der Waals surface area contributed by atoms with Crippen LogP contribution >= 0.6 is 43.2 Å². The molecule has 1 atom stereocenters. The van der Waals surface area contributed by atoms with Gasteiger partial charge in [-0.3, -0.25) is 0 Å². The molecule has 2 rings (SSSR count). The molecule has 0 amide bonds. The molecule has 0 saturated heterocycles. The summed E-state index contributed by atoms with van der Waals surface area (Å²) in [5.41, 5.74) is 1.27. The van der Waals surface area contributed by atoms with Gasteiger partial charge in [0, 0.05) is 33.0 Å². The Hall–Kier alpha value is -0.230. The Kier molecular flexibility index (Phi) is 5.36. The number of aromatic nitrogens is 1. The number of nitrogens with zero attached hydrogens (tertiary/aromatic N) is 1. The lowest BCUT2D eigenvalue weighted by Gasteiger charge is -2.19. The van der Waals surface area contributed by atoms with E-state index < -0.39 is 0 Å². The second-order valence-corrected chi connectivity index (χ2v) is 6.66. The highest BCUT2D eigenvalue weighted by atomic mass is 79.9. The summed E-state index contributed by atoms with van der Waals surface area (Å²) in [4.78, 5) is 4.36. The molecule has 2 nitrogen and oxygen atoms in total. The Labute approximate surface area is 128 Å². The van der Waals surface area contributed by atoms with Crippen LogP contribution in [0.25, 0.3) is 0 Å². The van der Waals surface area contributed by atoms with Crippen molar-refractivity contribution in [1.82, 2.24) is 10.3 Å². The van der Waals surface area contributed by atoms with Crippen LogP contribution in [0.2, 0.25) is 0 Å². The zero-order valence-corrected chi connectivity index (χ0v) is 14.0. The smallest absolute Gasteiger partial charge is 0.0943 e. The number of thiazole rings is 1. The molecule has 0 saturated carbocycles. The fourth-order valence-electron chi connectivity index (χ4n) is 1.85. The van der Waals surface area contributed by atoms with Gasteiger partial charge >= 0.3 is 0 Å². The van der Waals surface area contributed by atoms with Crippen molar-refractivity contribution in [2.45, 2.75) is 19.4 Å². The molecule has 1 unspecified atom stereocenters. The third kappa shape index (κ3) is 3.63. The summed E-state index contributed by atoms with van der Waals surface area (Å²) in [6.45, 7) is 3.07. The summed E-state index contributed by atoms with van der Waals surface area (Å²) in [5, 5.41) is 6.70. The molecule has 5 heteroatoms. The van der Waals surface area contributed by atoms with Crippen molar-refractivity contribution in [2.24, 2.45) is 0 Å². The summed E-state index contributed by atoms with van der Waals surface area (Å²) >= 11 is 8.82. The van der Waals surface area contributed by atoms with E-state index in [1.165, 1.54) is 5.56 Å². The van der Waals surface area contributed by atoms with Crippen LogP contribution < -0.4 is 5.32 Å². The van der Waals surface area contributed by atoms with E-state index in [0.29, 0.717) is 6.04 Å². The van der Waals surface area contributed by atoms with Crippen LogP contribution in [0.4, 0.5) is 0 Å². The van der Waals surface area contributed by atoms with Crippen LogP contribution in [-0.4, -0.2) is 11.5 Å².